The zero-order valence-corrected chi connectivity index (χ0v) is 13.8. The smallest absolute Gasteiger partial charge is 0.0760 e. The number of ether oxygens (including phenoxy) is 1. The Balaban J connectivity index is 2.18. The molecule has 0 spiro atoms. The summed E-state index contributed by atoms with van der Waals surface area (Å²) in [4.78, 5) is 4.75. The molecule has 1 fully saturated rings. The molecule has 0 aromatic carbocycles. The van der Waals surface area contributed by atoms with Gasteiger partial charge in [0.15, 0.2) is 0 Å². The van der Waals surface area contributed by atoms with E-state index in [0.29, 0.717) is 0 Å². The lowest BCUT2D eigenvalue weighted by molar-refractivity contribution is -0.180. The Labute approximate surface area is 119 Å². The van der Waals surface area contributed by atoms with Gasteiger partial charge in [-0.3, -0.25) is 4.90 Å². The first-order chi connectivity index (χ1) is 8.70. The average molecular weight is 271 g/mol. The van der Waals surface area contributed by atoms with Crippen molar-refractivity contribution in [3.63, 3.8) is 0 Å². The molecule has 1 heterocycles. The fraction of sp³-hybridized carbons (Fsp3) is 1.00. The number of hydrogen-bond acceptors (Lipinski definition) is 4. The third-order valence-corrected chi connectivity index (χ3v) is 3.33. The van der Waals surface area contributed by atoms with E-state index in [1.807, 2.05) is 0 Å². The molecule has 0 aromatic heterocycles. The van der Waals surface area contributed by atoms with Crippen molar-refractivity contribution >= 4 is 0 Å². The van der Waals surface area contributed by atoms with Crippen LogP contribution < -0.4 is 5.32 Å². The van der Waals surface area contributed by atoms with Crippen molar-refractivity contribution in [3.8, 4) is 0 Å². The van der Waals surface area contributed by atoms with E-state index >= 15 is 0 Å². The van der Waals surface area contributed by atoms with Crippen molar-refractivity contribution in [2.24, 2.45) is 0 Å². The normalized spacial score (nSPS) is 22.9. The summed E-state index contributed by atoms with van der Waals surface area (Å²) in [6.07, 6.45) is 1.22. The van der Waals surface area contributed by atoms with Crippen LogP contribution in [0.5, 0.6) is 0 Å². The Hall–Kier alpha value is -0.160. The first-order valence-electron chi connectivity index (χ1n) is 7.48. The summed E-state index contributed by atoms with van der Waals surface area (Å²) in [6.45, 7) is 15.2. The topological polar surface area (TPSA) is 27.7 Å². The molecule has 0 unspecified atom stereocenters. The molecule has 0 amide bonds. The zero-order valence-electron chi connectivity index (χ0n) is 13.8. The van der Waals surface area contributed by atoms with Crippen LogP contribution in [0.3, 0.4) is 0 Å². The van der Waals surface area contributed by atoms with Gasteiger partial charge in [0.2, 0.25) is 0 Å². The van der Waals surface area contributed by atoms with Crippen molar-refractivity contribution in [2.45, 2.75) is 45.3 Å². The highest BCUT2D eigenvalue weighted by molar-refractivity contribution is 4.89. The maximum atomic E-state index is 6.09. The van der Waals surface area contributed by atoms with Crippen molar-refractivity contribution < 1.29 is 4.74 Å². The summed E-state index contributed by atoms with van der Waals surface area (Å²) < 4.78 is 6.09. The highest BCUT2D eigenvalue weighted by Gasteiger charge is 2.37. The Bertz CT molecular complexity index is 248. The molecule has 1 aliphatic heterocycles. The molecule has 19 heavy (non-hydrogen) atoms. The highest BCUT2D eigenvalue weighted by atomic mass is 16.5. The predicted octanol–water partition coefficient (Wildman–Crippen LogP) is 1.42. The predicted molar refractivity (Wildman–Crippen MR) is 81.7 cm³/mol. The molecule has 1 rings (SSSR count). The first kappa shape index (κ1) is 16.9. The summed E-state index contributed by atoms with van der Waals surface area (Å²) >= 11 is 0. The number of morpholine rings is 1. The van der Waals surface area contributed by atoms with Crippen molar-refractivity contribution in [2.75, 3.05) is 53.4 Å². The monoisotopic (exact) mass is 271 g/mol. The van der Waals surface area contributed by atoms with Crippen molar-refractivity contribution in [1.29, 1.82) is 0 Å². The van der Waals surface area contributed by atoms with Crippen molar-refractivity contribution in [1.82, 2.24) is 15.1 Å². The third-order valence-electron chi connectivity index (χ3n) is 3.33. The second-order valence-corrected chi connectivity index (χ2v) is 7.24. The van der Waals surface area contributed by atoms with Gasteiger partial charge >= 0.3 is 0 Å². The Morgan fingerprint density at radius 1 is 1.05 bits per heavy atom. The van der Waals surface area contributed by atoms with E-state index in [-0.39, 0.29) is 11.2 Å². The summed E-state index contributed by atoms with van der Waals surface area (Å²) in [6, 6.07) is 0. The summed E-state index contributed by atoms with van der Waals surface area (Å²) in [5.41, 5.74) is -0.0701. The average Bonchev–Trinajstić information content (AvgIpc) is 2.18. The third kappa shape index (κ3) is 7.25. The molecule has 0 saturated carbocycles. The Kier molecular flexibility index (Phi) is 6.24. The minimum absolute atomic E-state index is 0.0350. The van der Waals surface area contributed by atoms with Crippen LogP contribution in [0, 0.1) is 0 Å². The Morgan fingerprint density at radius 3 is 2.16 bits per heavy atom. The van der Waals surface area contributed by atoms with E-state index in [2.05, 4.69) is 56.9 Å². The van der Waals surface area contributed by atoms with Crippen LogP contribution >= 0.6 is 0 Å². The van der Waals surface area contributed by atoms with E-state index in [1.165, 1.54) is 6.42 Å². The molecule has 0 bridgehead atoms. The lowest BCUT2D eigenvalue weighted by Crippen LogP contribution is -2.58. The van der Waals surface area contributed by atoms with E-state index in [9.17, 15) is 0 Å². The van der Waals surface area contributed by atoms with E-state index < -0.39 is 0 Å². The molecule has 1 saturated heterocycles. The van der Waals surface area contributed by atoms with Crippen LogP contribution in [-0.2, 0) is 4.74 Å². The molecular formula is C15H33N3O. The van der Waals surface area contributed by atoms with Gasteiger partial charge in [0.05, 0.1) is 11.2 Å². The van der Waals surface area contributed by atoms with Crippen LogP contribution in [0.2, 0.25) is 0 Å². The standard InChI is InChI=1S/C15H33N3O/c1-14(2)12-18(13-15(3,4)19-14)11-9-16-8-7-10-17(5)6/h16H,7-13H2,1-6H3. The molecule has 0 aromatic rings. The quantitative estimate of drug-likeness (QED) is 0.709. The first-order valence-corrected chi connectivity index (χ1v) is 7.48. The van der Waals surface area contributed by atoms with Gasteiger partial charge in [0, 0.05) is 26.2 Å². The molecule has 4 heteroatoms. The van der Waals surface area contributed by atoms with Crippen molar-refractivity contribution in [3.05, 3.63) is 0 Å². The maximum Gasteiger partial charge on any atom is 0.0760 e. The van der Waals surface area contributed by atoms with Gasteiger partial charge < -0.3 is 15.0 Å². The van der Waals surface area contributed by atoms with Crippen LogP contribution in [0.1, 0.15) is 34.1 Å². The molecule has 1 aliphatic rings. The molecule has 0 aliphatic carbocycles. The number of hydrogen-bond donors (Lipinski definition) is 1. The van der Waals surface area contributed by atoms with Gasteiger partial charge in [-0.1, -0.05) is 0 Å². The summed E-state index contributed by atoms with van der Waals surface area (Å²) in [5, 5.41) is 3.53. The van der Waals surface area contributed by atoms with Gasteiger partial charge in [0.1, 0.15) is 0 Å². The summed E-state index contributed by atoms with van der Waals surface area (Å²) in [5.74, 6) is 0. The Morgan fingerprint density at radius 2 is 1.63 bits per heavy atom. The molecule has 1 N–H and O–H groups in total. The summed E-state index contributed by atoms with van der Waals surface area (Å²) in [7, 11) is 4.25. The number of nitrogens with zero attached hydrogens (tertiary/aromatic N) is 2. The number of rotatable bonds is 7. The lowest BCUT2D eigenvalue weighted by Gasteiger charge is -2.47. The zero-order chi connectivity index (χ0) is 14.5. The van der Waals surface area contributed by atoms with Crippen LogP contribution in [0.25, 0.3) is 0 Å². The fourth-order valence-electron chi connectivity index (χ4n) is 2.99. The van der Waals surface area contributed by atoms with Gasteiger partial charge in [-0.25, -0.2) is 0 Å². The van der Waals surface area contributed by atoms with Gasteiger partial charge in [-0.2, -0.15) is 0 Å². The minimum atomic E-state index is -0.0350. The lowest BCUT2D eigenvalue weighted by atomic mass is 9.99. The van der Waals surface area contributed by atoms with Gasteiger partial charge in [0.25, 0.3) is 0 Å². The van der Waals surface area contributed by atoms with Gasteiger partial charge in [-0.05, 0) is 61.3 Å². The second-order valence-electron chi connectivity index (χ2n) is 7.24. The van der Waals surface area contributed by atoms with E-state index in [1.54, 1.807) is 0 Å². The maximum absolute atomic E-state index is 6.09. The van der Waals surface area contributed by atoms with E-state index in [4.69, 9.17) is 4.74 Å². The highest BCUT2D eigenvalue weighted by Crippen LogP contribution is 2.27. The largest absolute Gasteiger partial charge is 0.367 e. The fourth-order valence-corrected chi connectivity index (χ4v) is 2.99. The van der Waals surface area contributed by atoms with E-state index in [0.717, 1.165) is 39.3 Å². The molecular weight excluding hydrogens is 238 g/mol. The molecule has 4 nitrogen and oxygen atoms in total. The molecule has 0 radical (unpaired) electrons. The molecule has 0 atom stereocenters. The van der Waals surface area contributed by atoms with Crippen LogP contribution in [-0.4, -0.2) is 74.4 Å². The van der Waals surface area contributed by atoms with Crippen LogP contribution in [0.15, 0.2) is 0 Å². The number of nitrogens with one attached hydrogen (secondary N) is 1. The van der Waals surface area contributed by atoms with Gasteiger partial charge in [-0.15, -0.1) is 0 Å². The molecule has 114 valence electrons. The second kappa shape index (κ2) is 7.02. The minimum Gasteiger partial charge on any atom is -0.367 e. The SMILES string of the molecule is CN(C)CCCNCCN1CC(C)(C)OC(C)(C)C1. The van der Waals surface area contributed by atoms with Crippen LogP contribution in [0.4, 0.5) is 0 Å².